The van der Waals surface area contributed by atoms with Crippen molar-refractivity contribution in [3.05, 3.63) is 70.3 Å². The lowest BCUT2D eigenvalue weighted by Gasteiger charge is -2.14. The lowest BCUT2D eigenvalue weighted by atomic mass is 10.0. The Kier molecular flexibility index (Phi) is 5.73. The SMILES string of the molecule is CC(=O)Oc1c(C)cc(OCC(=O)Nc2cccc([N+](=O)[O-])c2)c2ccccc12. The zero-order valence-electron chi connectivity index (χ0n) is 15.8. The first-order valence-corrected chi connectivity index (χ1v) is 8.73. The molecule has 0 saturated carbocycles. The summed E-state index contributed by atoms with van der Waals surface area (Å²) in [6.45, 7) is 2.82. The van der Waals surface area contributed by atoms with Gasteiger partial charge >= 0.3 is 5.97 Å². The molecule has 0 spiro atoms. The molecular formula is C21H18N2O6. The van der Waals surface area contributed by atoms with E-state index in [-0.39, 0.29) is 12.3 Å². The first kappa shape index (κ1) is 19.8. The molecule has 0 aliphatic carbocycles. The Morgan fingerprint density at radius 2 is 1.79 bits per heavy atom. The number of fused-ring (bicyclic) bond motifs is 1. The van der Waals surface area contributed by atoms with Gasteiger partial charge in [0.2, 0.25) is 0 Å². The summed E-state index contributed by atoms with van der Waals surface area (Å²) < 4.78 is 11.0. The second kappa shape index (κ2) is 8.39. The van der Waals surface area contributed by atoms with E-state index < -0.39 is 16.8 Å². The van der Waals surface area contributed by atoms with Crippen molar-refractivity contribution in [2.45, 2.75) is 13.8 Å². The maximum Gasteiger partial charge on any atom is 0.308 e. The summed E-state index contributed by atoms with van der Waals surface area (Å²) >= 11 is 0. The lowest BCUT2D eigenvalue weighted by Crippen LogP contribution is -2.20. The fourth-order valence-corrected chi connectivity index (χ4v) is 2.88. The van der Waals surface area contributed by atoms with Gasteiger partial charge in [-0.15, -0.1) is 0 Å². The summed E-state index contributed by atoms with van der Waals surface area (Å²) in [5.41, 5.74) is 0.874. The third kappa shape index (κ3) is 4.67. The van der Waals surface area contributed by atoms with E-state index in [1.54, 1.807) is 31.2 Å². The number of non-ortho nitro benzene ring substituents is 1. The third-order valence-electron chi connectivity index (χ3n) is 4.09. The minimum atomic E-state index is -0.536. The van der Waals surface area contributed by atoms with E-state index in [4.69, 9.17) is 9.47 Å². The molecule has 1 N–H and O–H groups in total. The van der Waals surface area contributed by atoms with Crippen molar-refractivity contribution in [1.82, 2.24) is 0 Å². The maximum absolute atomic E-state index is 12.2. The average molecular weight is 394 g/mol. The van der Waals surface area contributed by atoms with Crippen molar-refractivity contribution >= 4 is 34.0 Å². The fraction of sp³-hybridized carbons (Fsp3) is 0.143. The molecular weight excluding hydrogens is 376 g/mol. The van der Waals surface area contributed by atoms with Gasteiger partial charge in [0.25, 0.3) is 11.6 Å². The second-order valence-corrected chi connectivity index (χ2v) is 6.30. The minimum absolute atomic E-state index is 0.119. The van der Waals surface area contributed by atoms with Crippen LogP contribution in [0.2, 0.25) is 0 Å². The molecule has 0 aliphatic rings. The fourth-order valence-electron chi connectivity index (χ4n) is 2.88. The molecule has 0 radical (unpaired) electrons. The number of aryl methyl sites for hydroxylation is 1. The highest BCUT2D eigenvalue weighted by atomic mass is 16.6. The number of hydrogen-bond acceptors (Lipinski definition) is 6. The number of nitro groups is 1. The molecule has 29 heavy (non-hydrogen) atoms. The smallest absolute Gasteiger partial charge is 0.308 e. The first-order chi connectivity index (χ1) is 13.8. The molecule has 1 amide bonds. The molecule has 0 atom stereocenters. The third-order valence-corrected chi connectivity index (χ3v) is 4.09. The monoisotopic (exact) mass is 394 g/mol. The Bertz CT molecular complexity index is 1110. The normalized spacial score (nSPS) is 10.4. The molecule has 8 nitrogen and oxygen atoms in total. The minimum Gasteiger partial charge on any atom is -0.483 e. The summed E-state index contributed by atoms with van der Waals surface area (Å²) in [6, 6.07) is 14.6. The highest BCUT2D eigenvalue weighted by molar-refractivity contribution is 5.97. The van der Waals surface area contributed by atoms with Gasteiger partial charge in [0.05, 0.1) is 4.92 Å². The number of hydrogen-bond donors (Lipinski definition) is 1. The number of amides is 1. The number of nitro benzene ring substituents is 1. The van der Waals surface area contributed by atoms with E-state index in [0.29, 0.717) is 33.5 Å². The molecule has 0 fully saturated rings. The van der Waals surface area contributed by atoms with Crippen molar-refractivity contribution in [3.63, 3.8) is 0 Å². The standard InChI is InChI=1S/C21H18N2O6/c1-13-10-19(17-8-3-4-9-18(17)21(13)29-14(2)24)28-12-20(25)22-15-6-5-7-16(11-15)23(26)27/h3-11H,12H2,1-2H3,(H,22,25). The summed E-state index contributed by atoms with van der Waals surface area (Å²) in [4.78, 5) is 33.9. The van der Waals surface area contributed by atoms with E-state index in [2.05, 4.69) is 5.32 Å². The first-order valence-electron chi connectivity index (χ1n) is 8.73. The maximum atomic E-state index is 12.2. The Labute approximate surface area is 166 Å². The number of esters is 1. The van der Waals surface area contributed by atoms with Crippen LogP contribution in [0.4, 0.5) is 11.4 Å². The second-order valence-electron chi connectivity index (χ2n) is 6.30. The van der Waals surface area contributed by atoms with Crippen LogP contribution < -0.4 is 14.8 Å². The molecule has 0 bridgehead atoms. The van der Waals surface area contributed by atoms with Crippen LogP contribution in [0.25, 0.3) is 10.8 Å². The molecule has 0 aliphatic heterocycles. The zero-order valence-corrected chi connectivity index (χ0v) is 15.8. The van der Waals surface area contributed by atoms with Gasteiger partial charge in [-0.3, -0.25) is 19.7 Å². The van der Waals surface area contributed by atoms with Gasteiger partial charge in [-0.1, -0.05) is 30.3 Å². The predicted molar refractivity (Wildman–Crippen MR) is 107 cm³/mol. The molecule has 3 rings (SSSR count). The van der Waals surface area contributed by atoms with Gasteiger partial charge < -0.3 is 14.8 Å². The van der Waals surface area contributed by atoms with Crippen molar-refractivity contribution in [2.24, 2.45) is 0 Å². The van der Waals surface area contributed by atoms with Crippen LogP contribution in [0, 0.1) is 17.0 Å². The number of carbonyl (C=O) groups is 2. The van der Waals surface area contributed by atoms with Crippen LogP contribution in [0.3, 0.4) is 0 Å². The summed E-state index contributed by atoms with van der Waals surface area (Å²) in [5, 5.41) is 14.8. The van der Waals surface area contributed by atoms with E-state index in [0.717, 1.165) is 0 Å². The topological polar surface area (TPSA) is 108 Å². The van der Waals surface area contributed by atoms with E-state index in [9.17, 15) is 19.7 Å². The molecule has 0 heterocycles. The number of nitrogens with zero attached hydrogens (tertiary/aromatic N) is 1. The summed E-state index contributed by atoms with van der Waals surface area (Å²) in [6.07, 6.45) is 0. The number of benzene rings is 3. The van der Waals surface area contributed by atoms with Gasteiger partial charge in [-0.25, -0.2) is 0 Å². The van der Waals surface area contributed by atoms with Crippen LogP contribution >= 0.6 is 0 Å². The van der Waals surface area contributed by atoms with Crippen molar-refractivity contribution < 1.29 is 24.0 Å². The van der Waals surface area contributed by atoms with E-state index >= 15 is 0 Å². The highest BCUT2D eigenvalue weighted by Gasteiger charge is 2.15. The van der Waals surface area contributed by atoms with Crippen molar-refractivity contribution in [1.29, 1.82) is 0 Å². The van der Waals surface area contributed by atoms with Gasteiger partial charge in [-0.05, 0) is 24.6 Å². The van der Waals surface area contributed by atoms with E-state index in [1.807, 2.05) is 12.1 Å². The molecule has 148 valence electrons. The van der Waals surface area contributed by atoms with Crippen LogP contribution in [0.5, 0.6) is 11.5 Å². The van der Waals surface area contributed by atoms with E-state index in [1.165, 1.54) is 25.1 Å². The van der Waals surface area contributed by atoms with Gasteiger partial charge in [0.15, 0.2) is 6.61 Å². The van der Waals surface area contributed by atoms with Crippen molar-refractivity contribution in [2.75, 3.05) is 11.9 Å². The van der Waals surface area contributed by atoms with Gasteiger partial charge in [0.1, 0.15) is 11.5 Å². The van der Waals surface area contributed by atoms with Crippen LogP contribution in [-0.2, 0) is 9.59 Å². The summed E-state index contributed by atoms with van der Waals surface area (Å²) in [7, 11) is 0. The van der Waals surface area contributed by atoms with Crippen molar-refractivity contribution in [3.8, 4) is 11.5 Å². The Morgan fingerprint density at radius 3 is 2.48 bits per heavy atom. The number of nitrogens with one attached hydrogen (secondary N) is 1. The molecule has 0 aromatic heterocycles. The molecule has 3 aromatic carbocycles. The molecule has 0 saturated heterocycles. The zero-order chi connectivity index (χ0) is 21.0. The molecule has 3 aromatic rings. The predicted octanol–water partition coefficient (Wildman–Crippen LogP) is 4.00. The number of rotatable bonds is 6. The molecule has 8 heteroatoms. The largest absolute Gasteiger partial charge is 0.483 e. The van der Waals surface area contributed by atoms with Crippen LogP contribution in [0.1, 0.15) is 12.5 Å². The summed E-state index contributed by atoms with van der Waals surface area (Å²) in [5.74, 6) is 0.0178. The number of anilines is 1. The van der Waals surface area contributed by atoms with Crippen LogP contribution in [0.15, 0.2) is 54.6 Å². The number of ether oxygens (including phenoxy) is 2. The Morgan fingerprint density at radius 1 is 1.07 bits per heavy atom. The Hall–Kier alpha value is -3.94. The highest BCUT2D eigenvalue weighted by Crippen LogP contribution is 2.36. The average Bonchev–Trinajstić information content (AvgIpc) is 2.68. The molecule has 0 unspecified atom stereocenters. The van der Waals surface area contributed by atoms with Gasteiger partial charge in [0, 0.05) is 35.5 Å². The number of carbonyl (C=O) groups excluding carboxylic acids is 2. The Balaban J connectivity index is 1.78. The quantitative estimate of drug-likeness (QED) is 0.293. The van der Waals surface area contributed by atoms with Gasteiger partial charge in [-0.2, -0.15) is 0 Å². The lowest BCUT2D eigenvalue weighted by molar-refractivity contribution is -0.384. The van der Waals surface area contributed by atoms with Crippen LogP contribution in [-0.4, -0.2) is 23.4 Å².